The van der Waals surface area contributed by atoms with E-state index in [0.29, 0.717) is 0 Å². The van der Waals surface area contributed by atoms with Crippen LogP contribution in [0.3, 0.4) is 0 Å². The molecule has 3 heterocycles. The molecule has 0 spiro atoms. The van der Waals surface area contributed by atoms with Gasteiger partial charge >= 0.3 is 0 Å². The summed E-state index contributed by atoms with van der Waals surface area (Å²) in [6.45, 7) is 9.73. The van der Waals surface area contributed by atoms with Gasteiger partial charge in [0.1, 0.15) is 5.75 Å². The van der Waals surface area contributed by atoms with Crippen LogP contribution in [0.5, 0.6) is 5.75 Å². The molecular weight excluding hydrogens is 420 g/mol. The summed E-state index contributed by atoms with van der Waals surface area (Å²) in [7, 11) is 0. The van der Waals surface area contributed by atoms with Crippen molar-refractivity contribution in [3.8, 4) is 5.75 Å². The zero-order valence-corrected chi connectivity index (χ0v) is 20.4. The van der Waals surface area contributed by atoms with Crippen molar-refractivity contribution < 1.29 is 4.74 Å². The number of piperazine rings is 1. The van der Waals surface area contributed by atoms with Gasteiger partial charge < -0.3 is 14.5 Å². The lowest BCUT2D eigenvalue weighted by molar-refractivity contribution is 0.239. The van der Waals surface area contributed by atoms with Crippen molar-refractivity contribution >= 4 is 16.6 Å². The molecule has 1 aromatic heterocycles. The highest BCUT2D eigenvalue weighted by Gasteiger charge is 2.18. The Bertz CT molecular complexity index is 1020. The lowest BCUT2D eigenvalue weighted by atomic mass is 10.1. The first-order chi connectivity index (χ1) is 16.8. The predicted octanol–water partition coefficient (Wildman–Crippen LogP) is 5.20. The van der Waals surface area contributed by atoms with Crippen LogP contribution in [0.4, 0.5) is 5.69 Å². The van der Waals surface area contributed by atoms with E-state index in [2.05, 4.69) is 68.2 Å². The van der Waals surface area contributed by atoms with Gasteiger partial charge in [-0.2, -0.15) is 0 Å². The number of rotatable bonds is 8. The molecular formula is C29H38N4O. The van der Waals surface area contributed by atoms with Crippen LogP contribution in [0.25, 0.3) is 10.9 Å². The van der Waals surface area contributed by atoms with Gasteiger partial charge in [0.05, 0.1) is 24.0 Å². The predicted molar refractivity (Wildman–Crippen MR) is 141 cm³/mol. The molecule has 0 amide bonds. The average Bonchev–Trinajstić information content (AvgIpc) is 3.17. The number of nitrogens with zero attached hydrogens (tertiary/aromatic N) is 4. The molecule has 2 fully saturated rings. The second-order valence-corrected chi connectivity index (χ2v) is 9.75. The Morgan fingerprint density at radius 2 is 1.53 bits per heavy atom. The maximum atomic E-state index is 6.01. The first-order valence-electron chi connectivity index (χ1n) is 13.1. The Kier molecular flexibility index (Phi) is 7.94. The summed E-state index contributed by atoms with van der Waals surface area (Å²) in [5.74, 6) is 0.994. The molecule has 2 saturated heterocycles. The maximum Gasteiger partial charge on any atom is 0.119 e. The monoisotopic (exact) mass is 458 g/mol. The Balaban J connectivity index is 1.04. The number of likely N-dealkylation sites (tertiary alicyclic amines) is 1. The fraction of sp³-hybridized carbons (Fsp3) is 0.483. The Morgan fingerprint density at radius 1 is 0.765 bits per heavy atom. The van der Waals surface area contributed by atoms with Crippen LogP contribution in [0.1, 0.15) is 37.7 Å². The fourth-order valence-corrected chi connectivity index (χ4v) is 5.18. The molecule has 5 heteroatoms. The third kappa shape index (κ3) is 6.28. The molecule has 0 atom stereocenters. The van der Waals surface area contributed by atoms with Gasteiger partial charge in [-0.3, -0.25) is 9.88 Å². The van der Waals surface area contributed by atoms with Gasteiger partial charge in [0.2, 0.25) is 0 Å². The summed E-state index contributed by atoms with van der Waals surface area (Å²) in [6.07, 6.45) is 8.65. The standard InChI is InChI=1S/C29H38N4O/c1-2-6-15-31(14-5-1)16-7-21-34-28-12-10-25(11-13-28)24-32-17-19-33(20-18-32)27-22-26-8-3-4-9-29(26)30-23-27/h3-4,8-13,22-23H,1-2,5-7,14-21,24H2. The van der Waals surface area contributed by atoms with Crippen molar-refractivity contribution in [3.63, 3.8) is 0 Å². The van der Waals surface area contributed by atoms with Gasteiger partial charge in [0.15, 0.2) is 0 Å². The molecule has 0 N–H and O–H groups in total. The van der Waals surface area contributed by atoms with E-state index in [4.69, 9.17) is 4.74 Å². The van der Waals surface area contributed by atoms with Crippen LogP contribution in [-0.4, -0.2) is 67.2 Å². The largest absolute Gasteiger partial charge is 0.494 e. The minimum absolute atomic E-state index is 0.807. The van der Waals surface area contributed by atoms with E-state index in [1.165, 1.54) is 62.0 Å². The van der Waals surface area contributed by atoms with Crippen LogP contribution < -0.4 is 9.64 Å². The summed E-state index contributed by atoms with van der Waals surface area (Å²) >= 11 is 0. The molecule has 5 nitrogen and oxygen atoms in total. The van der Waals surface area contributed by atoms with Crippen LogP contribution >= 0.6 is 0 Å². The van der Waals surface area contributed by atoms with E-state index in [0.717, 1.165) is 57.0 Å². The lowest BCUT2D eigenvalue weighted by Crippen LogP contribution is -2.46. The molecule has 34 heavy (non-hydrogen) atoms. The molecule has 0 bridgehead atoms. The van der Waals surface area contributed by atoms with Gasteiger partial charge in [0, 0.05) is 44.7 Å². The van der Waals surface area contributed by atoms with E-state index < -0.39 is 0 Å². The lowest BCUT2D eigenvalue weighted by Gasteiger charge is -2.36. The number of ether oxygens (including phenoxy) is 1. The molecule has 0 unspecified atom stereocenters. The van der Waals surface area contributed by atoms with E-state index in [9.17, 15) is 0 Å². The van der Waals surface area contributed by atoms with Gasteiger partial charge in [-0.25, -0.2) is 0 Å². The van der Waals surface area contributed by atoms with E-state index in [1.807, 2.05) is 12.3 Å². The molecule has 180 valence electrons. The van der Waals surface area contributed by atoms with E-state index >= 15 is 0 Å². The Morgan fingerprint density at radius 3 is 2.32 bits per heavy atom. The summed E-state index contributed by atoms with van der Waals surface area (Å²) in [5.41, 5.74) is 3.66. The summed E-state index contributed by atoms with van der Waals surface area (Å²) < 4.78 is 6.01. The molecule has 2 aliphatic heterocycles. The highest BCUT2D eigenvalue weighted by Crippen LogP contribution is 2.22. The molecule has 2 aromatic carbocycles. The first kappa shape index (κ1) is 23.1. The summed E-state index contributed by atoms with van der Waals surface area (Å²) in [6, 6.07) is 19.3. The van der Waals surface area contributed by atoms with Crippen LogP contribution in [0.2, 0.25) is 0 Å². The fourth-order valence-electron chi connectivity index (χ4n) is 5.18. The molecule has 2 aliphatic rings. The number of hydrogen-bond donors (Lipinski definition) is 0. The van der Waals surface area contributed by atoms with Crippen molar-refractivity contribution in [1.82, 2.24) is 14.8 Å². The molecule has 0 aliphatic carbocycles. The minimum Gasteiger partial charge on any atom is -0.494 e. The number of benzene rings is 2. The Labute approximate surface area is 204 Å². The number of pyridine rings is 1. The van der Waals surface area contributed by atoms with Gasteiger partial charge in [-0.15, -0.1) is 0 Å². The average molecular weight is 459 g/mol. The zero-order valence-electron chi connectivity index (χ0n) is 20.4. The number of aromatic nitrogens is 1. The molecule has 0 radical (unpaired) electrons. The second-order valence-electron chi connectivity index (χ2n) is 9.75. The van der Waals surface area contributed by atoms with E-state index in [-0.39, 0.29) is 0 Å². The SMILES string of the molecule is c1ccc2ncc(N3CCN(Cc4ccc(OCCCN5CCCCCC5)cc4)CC3)cc2c1. The van der Waals surface area contributed by atoms with Crippen molar-refractivity contribution in [1.29, 1.82) is 0 Å². The second kappa shape index (κ2) is 11.7. The number of hydrogen-bond acceptors (Lipinski definition) is 5. The van der Waals surface area contributed by atoms with Crippen molar-refractivity contribution in [2.75, 3.05) is 57.3 Å². The third-order valence-electron chi connectivity index (χ3n) is 7.23. The third-order valence-corrected chi connectivity index (χ3v) is 7.23. The smallest absolute Gasteiger partial charge is 0.119 e. The number of para-hydroxylation sites is 1. The van der Waals surface area contributed by atoms with Gasteiger partial charge in [-0.05, 0) is 62.2 Å². The van der Waals surface area contributed by atoms with Gasteiger partial charge in [-0.1, -0.05) is 43.2 Å². The Hall–Kier alpha value is -2.63. The number of anilines is 1. The van der Waals surface area contributed by atoms with Crippen LogP contribution in [-0.2, 0) is 6.54 Å². The topological polar surface area (TPSA) is 31.8 Å². The molecule has 3 aromatic rings. The summed E-state index contributed by atoms with van der Waals surface area (Å²) in [5, 5.41) is 1.21. The quantitative estimate of drug-likeness (QED) is 0.433. The minimum atomic E-state index is 0.807. The van der Waals surface area contributed by atoms with Crippen molar-refractivity contribution in [3.05, 3.63) is 66.4 Å². The van der Waals surface area contributed by atoms with Gasteiger partial charge in [0.25, 0.3) is 0 Å². The van der Waals surface area contributed by atoms with E-state index in [1.54, 1.807) is 0 Å². The molecule has 0 saturated carbocycles. The summed E-state index contributed by atoms with van der Waals surface area (Å²) in [4.78, 5) is 12.2. The van der Waals surface area contributed by atoms with Crippen LogP contribution in [0.15, 0.2) is 60.8 Å². The van der Waals surface area contributed by atoms with Crippen molar-refractivity contribution in [2.45, 2.75) is 38.6 Å². The van der Waals surface area contributed by atoms with Crippen LogP contribution in [0, 0.1) is 0 Å². The zero-order chi connectivity index (χ0) is 23.0. The molecule has 5 rings (SSSR count). The highest BCUT2D eigenvalue weighted by atomic mass is 16.5. The normalized spacial score (nSPS) is 18.2. The first-order valence-corrected chi connectivity index (χ1v) is 13.1. The van der Waals surface area contributed by atoms with Crippen molar-refractivity contribution in [2.24, 2.45) is 0 Å². The highest BCUT2D eigenvalue weighted by molar-refractivity contribution is 5.81. The maximum absolute atomic E-state index is 6.01. The number of fused-ring (bicyclic) bond motifs is 1.